The number of rotatable bonds is 3. The molecule has 0 saturated heterocycles. The Labute approximate surface area is 110 Å². The summed E-state index contributed by atoms with van der Waals surface area (Å²) in [5.74, 6) is -0.890. The zero-order chi connectivity index (χ0) is 12.4. The van der Waals surface area contributed by atoms with Crippen molar-refractivity contribution < 1.29 is 9.90 Å². The summed E-state index contributed by atoms with van der Waals surface area (Å²) in [4.78, 5) is 13.3. The Balaban J connectivity index is 2.31. The molecule has 1 saturated carbocycles. The Hall–Kier alpha value is -1.03. The molecule has 0 heterocycles. The molecule has 0 atom stereocenters. The van der Waals surface area contributed by atoms with Crippen LogP contribution in [0.15, 0.2) is 22.7 Å². The van der Waals surface area contributed by atoms with Crippen molar-refractivity contribution in [3.05, 3.63) is 28.2 Å². The molecular formula is C13H16BrNO2. The smallest absolute Gasteiger partial charge is 0.336 e. The van der Waals surface area contributed by atoms with E-state index in [1.165, 1.54) is 25.7 Å². The van der Waals surface area contributed by atoms with E-state index in [1.807, 2.05) is 13.1 Å². The lowest BCUT2D eigenvalue weighted by Crippen LogP contribution is -2.29. The third-order valence-electron chi connectivity index (χ3n) is 3.46. The van der Waals surface area contributed by atoms with E-state index in [9.17, 15) is 4.79 Å². The number of anilines is 1. The molecule has 3 nitrogen and oxygen atoms in total. The summed E-state index contributed by atoms with van der Waals surface area (Å²) < 4.78 is 0.682. The fourth-order valence-corrected chi connectivity index (χ4v) is 3.16. The molecule has 0 spiro atoms. The molecule has 1 aliphatic carbocycles. The molecule has 0 unspecified atom stereocenters. The van der Waals surface area contributed by atoms with E-state index < -0.39 is 5.97 Å². The number of halogens is 1. The lowest BCUT2D eigenvalue weighted by Gasteiger charge is -2.28. The summed E-state index contributed by atoms with van der Waals surface area (Å²) in [6.07, 6.45) is 4.93. The fraction of sp³-hybridized carbons (Fsp3) is 0.462. The van der Waals surface area contributed by atoms with E-state index in [4.69, 9.17) is 5.11 Å². The highest BCUT2D eigenvalue weighted by Gasteiger charge is 2.22. The van der Waals surface area contributed by atoms with Gasteiger partial charge in [0.15, 0.2) is 0 Å². The average Bonchev–Trinajstić information content (AvgIpc) is 2.81. The van der Waals surface area contributed by atoms with Gasteiger partial charge in [-0.1, -0.05) is 18.9 Å². The summed E-state index contributed by atoms with van der Waals surface area (Å²) >= 11 is 3.41. The van der Waals surface area contributed by atoms with Crippen LogP contribution in [0, 0.1) is 0 Å². The fourth-order valence-electron chi connectivity index (χ4n) is 2.45. The molecule has 1 fully saturated rings. The number of nitrogens with zero attached hydrogens (tertiary/aromatic N) is 1. The number of hydrogen-bond donors (Lipinski definition) is 1. The average molecular weight is 298 g/mol. The summed E-state index contributed by atoms with van der Waals surface area (Å²) in [6, 6.07) is 5.93. The number of carboxylic acids is 1. The van der Waals surface area contributed by atoms with Gasteiger partial charge in [0.25, 0.3) is 0 Å². The Bertz CT molecular complexity index is 427. The van der Waals surface area contributed by atoms with Gasteiger partial charge in [-0.2, -0.15) is 0 Å². The molecular weight excluding hydrogens is 282 g/mol. The predicted octanol–water partition coefficient (Wildman–Crippen LogP) is 3.53. The molecule has 0 aromatic heterocycles. The Kier molecular flexibility index (Phi) is 3.72. The molecule has 1 aliphatic rings. The lowest BCUT2D eigenvalue weighted by atomic mass is 10.1. The maximum atomic E-state index is 11.1. The monoisotopic (exact) mass is 297 g/mol. The molecule has 1 N–H and O–H groups in total. The van der Waals surface area contributed by atoms with Crippen molar-refractivity contribution >= 4 is 27.6 Å². The molecule has 0 aliphatic heterocycles. The van der Waals surface area contributed by atoms with Gasteiger partial charge in [-0.15, -0.1) is 0 Å². The van der Waals surface area contributed by atoms with Crippen LogP contribution in [-0.2, 0) is 0 Å². The summed E-state index contributed by atoms with van der Waals surface area (Å²) in [6.45, 7) is 0. The van der Waals surface area contributed by atoms with Gasteiger partial charge in [0.1, 0.15) is 0 Å². The van der Waals surface area contributed by atoms with E-state index in [2.05, 4.69) is 20.8 Å². The highest BCUT2D eigenvalue weighted by Crippen LogP contribution is 2.33. The first-order chi connectivity index (χ1) is 8.11. The molecule has 0 amide bonds. The normalized spacial score (nSPS) is 16.1. The summed E-state index contributed by atoms with van der Waals surface area (Å²) in [7, 11) is 2.04. The van der Waals surface area contributed by atoms with Crippen LogP contribution in [0.2, 0.25) is 0 Å². The van der Waals surface area contributed by atoms with Crippen LogP contribution >= 0.6 is 15.9 Å². The highest BCUT2D eigenvalue weighted by atomic mass is 79.9. The van der Waals surface area contributed by atoms with Crippen molar-refractivity contribution in [3.63, 3.8) is 0 Å². The van der Waals surface area contributed by atoms with Gasteiger partial charge in [-0.25, -0.2) is 4.79 Å². The maximum Gasteiger partial charge on any atom is 0.336 e. The second kappa shape index (κ2) is 5.08. The quantitative estimate of drug-likeness (QED) is 0.928. The first-order valence-electron chi connectivity index (χ1n) is 5.86. The van der Waals surface area contributed by atoms with Crippen LogP contribution in [0.3, 0.4) is 0 Å². The topological polar surface area (TPSA) is 40.5 Å². The van der Waals surface area contributed by atoms with Crippen molar-refractivity contribution in [2.24, 2.45) is 0 Å². The second-order valence-electron chi connectivity index (χ2n) is 4.49. The molecule has 0 radical (unpaired) electrons. The van der Waals surface area contributed by atoms with Crippen LogP contribution in [0.5, 0.6) is 0 Å². The molecule has 2 rings (SSSR count). The number of hydrogen-bond acceptors (Lipinski definition) is 2. The van der Waals surface area contributed by atoms with Crippen LogP contribution in [0.4, 0.5) is 5.69 Å². The highest BCUT2D eigenvalue weighted by molar-refractivity contribution is 9.10. The first-order valence-corrected chi connectivity index (χ1v) is 6.65. The third kappa shape index (κ3) is 2.46. The SMILES string of the molecule is CN(c1cccc(C(=O)O)c1Br)C1CCCC1. The predicted molar refractivity (Wildman–Crippen MR) is 71.8 cm³/mol. The Morgan fingerprint density at radius 3 is 2.65 bits per heavy atom. The Morgan fingerprint density at radius 2 is 2.06 bits per heavy atom. The van der Waals surface area contributed by atoms with Gasteiger partial charge in [-0.05, 0) is 40.9 Å². The van der Waals surface area contributed by atoms with Gasteiger partial charge in [0, 0.05) is 13.1 Å². The van der Waals surface area contributed by atoms with E-state index >= 15 is 0 Å². The van der Waals surface area contributed by atoms with E-state index in [-0.39, 0.29) is 0 Å². The van der Waals surface area contributed by atoms with E-state index in [0.717, 1.165) is 5.69 Å². The number of carboxylic acid groups (broad SMARTS) is 1. The van der Waals surface area contributed by atoms with Crippen molar-refractivity contribution in [2.45, 2.75) is 31.7 Å². The summed E-state index contributed by atoms with van der Waals surface area (Å²) in [5.41, 5.74) is 1.30. The molecule has 1 aromatic carbocycles. The van der Waals surface area contributed by atoms with Crippen molar-refractivity contribution in [1.82, 2.24) is 0 Å². The molecule has 4 heteroatoms. The van der Waals surface area contributed by atoms with Gasteiger partial charge in [-0.3, -0.25) is 0 Å². The van der Waals surface area contributed by atoms with Crippen LogP contribution < -0.4 is 4.90 Å². The number of benzene rings is 1. The van der Waals surface area contributed by atoms with Gasteiger partial charge in [0.2, 0.25) is 0 Å². The molecule has 17 heavy (non-hydrogen) atoms. The minimum Gasteiger partial charge on any atom is -0.478 e. The zero-order valence-corrected chi connectivity index (χ0v) is 11.4. The van der Waals surface area contributed by atoms with Gasteiger partial charge in [0.05, 0.1) is 15.7 Å². The van der Waals surface area contributed by atoms with Crippen molar-refractivity contribution in [3.8, 4) is 0 Å². The van der Waals surface area contributed by atoms with Crippen LogP contribution in [0.25, 0.3) is 0 Å². The van der Waals surface area contributed by atoms with Crippen LogP contribution in [0.1, 0.15) is 36.0 Å². The second-order valence-corrected chi connectivity index (χ2v) is 5.29. The molecule has 0 bridgehead atoms. The van der Waals surface area contributed by atoms with Crippen LogP contribution in [-0.4, -0.2) is 24.2 Å². The minimum atomic E-state index is -0.890. The standard InChI is InChI=1S/C13H16BrNO2/c1-15(9-5-2-3-6-9)11-8-4-7-10(12(11)14)13(16)17/h4,7-9H,2-3,5-6H2,1H3,(H,16,17). The van der Waals surface area contributed by atoms with E-state index in [1.54, 1.807) is 12.1 Å². The van der Waals surface area contributed by atoms with E-state index in [0.29, 0.717) is 16.1 Å². The number of carbonyl (C=O) groups is 1. The van der Waals surface area contributed by atoms with Gasteiger partial charge >= 0.3 is 5.97 Å². The Morgan fingerprint density at radius 1 is 1.41 bits per heavy atom. The van der Waals surface area contributed by atoms with Crippen molar-refractivity contribution in [1.29, 1.82) is 0 Å². The minimum absolute atomic E-state index is 0.326. The first kappa shape index (κ1) is 12.4. The molecule has 92 valence electrons. The largest absolute Gasteiger partial charge is 0.478 e. The summed E-state index contributed by atoms with van der Waals surface area (Å²) in [5, 5.41) is 9.09. The maximum absolute atomic E-state index is 11.1. The lowest BCUT2D eigenvalue weighted by molar-refractivity contribution is 0.0696. The third-order valence-corrected chi connectivity index (χ3v) is 4.29. The molecule has 1 aromatic rings. The van der Waals surface area contributed by atoms with Gasteiger partial charge < -0.3 is 10.0 Å². The number of aromatic carboxylic acids is 1. The van der Waals surface area contributed by atoms with Crippen molar-refractivity contribution in [2.75, 3.05) is 11.9 Å². The zero-order valence-electron chi connectivity index (χ0n) is 9.82.